The Hall–Kier alpha value is -2.92. The van der Waals surface area contributed by atoms with Crippen LogP contribution >= 0.6 is 0 Å². The van der Waals surface area contributed by atoms with Gasteiger partial charge >= 0.3 is 0 Å². The number of oxazole rings is 1. The molecule has 4 rings (SSSR count). The minimum absolute atomic E-state index is 0.0223. The predicted molar refractivity (Wildman–Crippen MR) is 105 cm³/mol. The fourth-order valence-corrected chi connectivity index (χ4v) is 3.39. The van der Waals surface area contributed by atoms with Crippen LogP contribution in [-0.4, -0.2) is 41.5 Å². The predicted octanol–water partition coefficient (Wildman–Crippen LogP) is 3.75. The fourth-order valence-electron chi connectivity index (χ4n) is 3.39. The average Bonchev–Trinajstić information content (AvgIpc) is 3.18. The van der Waals surface area contributed by atoms with Crippen molar-refractivity contribution in [2.45, 2.75) is 19.9 Å². The lowest BCUT2D eigenvalue weighted by Gasteiger charge is -2.32. The van der Waals surface area contributed by atoms with E-state index in [1.807, 2.05) is 53.4 Å². The Kier molecular flexibility index (Phi) is 4.77. The van der Waals surface area contributed by atoms with Gasteiger partial charge in [0.25, 0.3) is 5.91 Å². The molecule has 138 valence electrons. The molecular weight excluding hydrogens is 338 g/mol. The normalized spacial score (nSPS) is 17.1. The number of benzene rings is 2. The van der Waals surface area contributed by atoms with Gasteiger partial charge in [0.15, 0.2) is 5.76 Å². The van der Waals surface area contributed by atoms with E-state index in [9.17, 15) is 4.79 Å². The number of rotatable bonds is 3. The van der Waals surface area contributed by atoms with E-state index in [1.165, 1.54) is 5.56 Å². The van der Waals surface area contributed by atoms with E-state index < -0.39 is 0 Å². The van der Waals surface area contributed by atoms with Gasteiger partial charge in [-0.3, -0.25) is 4.79 Å². The van der Waals surface area contributed by atoms with Crippen LogP contribution in [0.3, 0.4) is 0 Å². The first kappa shape index (κ1) is 17.5. The van der Waals surface area contributed by atoms with Crippen molar-refractivity contribution in [3.05, 3.63) is 65.9 Å². The summed E-state index contributed by atoms with van der Waals surface area (Å²) in [7, 11) is 0. The molecule has 1 atom stereocenters. The topological polar surface area (TPSA) is 58.4 Å². The molecule has 2 heterocycles. The van der Waals surface area contributed by atoms with Crippen LogP contribution in [-0.2, 0) is 0 Å². The summed E-state index contributed by atoms with van der Waals surface area (Å²) in [5.41, 5.74) is 3.52. The van der Waals surface area contributed by atoms with Gasteiger partial charge in [0.2, 0.25) is 5.89 Å². The summed E-state index contributed by atoms with van der Waals surface area (Å²) in [6, 6.07) is 15.9. The van der Waals surface area contributed by atoms with E-state index in [2.05, 4.69) is 24.1 Å². The number of carbonyl (C=O) groups excluding carboxylic acids is 1. The highest BCUT2D eigenvalue weighted by atomic mass is 16.4. The molecule has 0 radical (unpaired) electrons. The van der Waals surface area contributed by atoms with Crippen LogP contribution in [0, 0.1) is 6.92 Å². The Morgan fingerprint density at radius 1 is 1.19 bits per heavy atom. The average molecular weight is 361 g/mol. The summed E-state index contributed by atoms with van der Waals surface area (Å²) in [5.74, 6) is 1.19. The highest BCUT2D eigenvalue weighted by molar-refractivity contribution is 6.00. The lowest BCUT2D eigenvalue weighted by molar-refractivity contribution is 0.0709. The van der Waals surface area contributed by atoms with Crippen molar-refractivity contribution in [2.75, 3.05) is 19.6 Å². The number of carbonyl (C=O) groups is 1. The lowest BCUT2D eigenvalue weighted by Crippen LogP contribution is -2.51. The largest absolute Gasteiger partial charge is 0.436 e. The SMILES string of the molecule is Cc1ccc(-c2cnc(-c3ccccc3C(=O)N3CCNC(C)C3)o2)cc1. The molecule has 1 aromatic heterocycles. The van der Waals surface area contributed by atoms with Gasteiger partial charge in [-0.15, -0.1) is 0 Å². The van der Waals surface area contributed by atoms with E-state index >= 15 is 0 Å². The molecule has 2 aromatic carbocycles. The summed E-state index contributed by atoms with van der Waals surface area (Å²) < 4.78 is 6.00. The van der Waals surface area contributed by atoms with Crippen molar-refractivity contribution in [2.24, 2.45) is 0 Å². The number of nitrogens with one attached hydrogen (secondary N) is 1. The number of piperazine rings is 1. The molecule has 1 N–H and O–H groups in total. The Balaban J connectivity index is 1.65. The molecule has 5 heteroatoms. The molecule has 0 aliphatic carbocycles. The van der Waals surface area contributed by atoms with Crippen molar-refractivity contribution in [3.8, 4) is 22.8 Å². The van der Waals surface area contributed by atoms with Gasteiger partial charge in [-0.2, -0.15) is 0 Å². The zero-order valence-corrected chi connectivity index (χ0v) is 15.6. The van der Waals surface area contributed by atoms with Crippen molar-refractivity contribution in [1.29, 1.82) is 0 Å². The first-order valence-electron chi connectivity index (χ1n) is 9.27. The number of hydrogen-bond donors (Lipinski definition) is 1. The van der Waals surface area contributed by atoms with Gasteiger partial charge in [0.1, 0.15) is 0 Å². The second-order valence-corrected chi connectivity index (χ2v) is 7.05. The number of aromatic nitrogens is 1. The fraction of sp³-hybridized carbons (Fsp3) is 0.273. The molecule has 1 saturated heterocycles. The molecule has 1 unspecified atom stereocenters. The standard InChI is InChI=1S/C22H23N3O2/c1-15-7-9-17(10-8-15)20-13-24-21(27-20)18-5-3-4-6-19(18)22(26)25-12-11-23-16(2)14-25/h3-10,13,16,23H,11-12,14H2,1-2H3. The van der Waals surface area contributed by atoms with E-state index in [0.717, 1.165) is 17.7 Å². The third-order valence-electron chi connectivity index (χ3n) is 4.89. The summed E-state index contributed by atoms with van der Waals surface area (Å²) in [5, 5.41) is 3.37. The molecule has 27 heavy (non-hydrogen) atoms. The number of nitrogens with zero attached hydrogens (tertiary/aromatic N) is 2. The van der Waals surface area contributed by atoms with Crippen molar-refractivity contribution in [1.82, 2.24) is 15.2 Å². The maximum Gasteiger partial charge on any atom is 0.254 e. The molecule has 1 aliphatic heterocycles. The van der Waals surface area contributed by atoms with Gasteiger partial charge in [-0.25, -0.2) is 4.98 Å². The van der Waals surface area contributed by atoms with Crippen molar-refractivity contribution >= 4 is 5.91 Å². The molecular formula is C22H23N3O2. The van der Waals surface area contributed by atoms with E-state index in [1.54, 1.807) is 6.20 Å². The highest BCUT2D eigenvalue weighted by Crippen LogP contribution is 2.29. The quantitative estimate of drug-likeness (QED) is 0.772. The zero-order valence-electron chi connectivity index (χ0n) is 15.6. The summed E-state index contributed by atoms with van der Waals surface area (Å²) >= 11 is 0. The minimum Gasteiger partial charge on any atom is -0.436 e. The Bertz CT molecular complexity index is 946. The molecule has 0 bridgehead atoms. The molecule has 1 aliphatic rings. The number of amides is 1. The maximum absolute atomic E-state index is 13.1. The van der Waals surface area contributed by atoms with Crippen LogP contribution in [0.5, 0.6) is 0 Å². The van der Waals surface area contributed by atoms with Crippen LogP contribution in [0.15, 0.2) is 59.1 Å². The molecule has 1 fully saturated rings. The molecule has 3 aromatic rings. The second-order valence-electron chi connectivity index (χ2n) is 7.05. The molecule has 0 spiro atoms. The summed E-state index contributed by atoms with van der Waals surface area (Å²) in [6.45, 7) is 6.36. The number of hydrogen-bond acceptors (Lipinski definition) is 4. The Labute approximate surface area is 159 Å². The van der Waals surface area contributed by atoms with Gasteiger partial charge in [0.05, 0.1) is 11.8 Å². The third-order valence-corrected chi connectivity index (χ3v) is 4.89. The third kappa shape index (κ3) is 3.64. The maximum atomic E-state index is 13.1. The van der Waals surface area contributed by atoms with E-state index in [0.29, 0.717) is 36.3 Å². The monoisotopic (exact) mass is 361 g/mol. The molecule has 5 nitrogen and oxygen atoms in total. The minimum atomic E-state index is 0.0223. The molecule has 0 saturated carbocycles. The van der Waals surface area contributed by atoms with Gasteiger partial charge < -0.3 is 14.6 Å². The van der Waals surface area contributed by atoms with Crippen molar-refractivity contribution in [3.63, 3.8) is 0 Å². The first-order chi connectivity index (χ1) is 13.1. The van der Waals surface area contributed by atoms with E-state index in [4.69, 9.17) is 4.42 Å². The van der Waals surface area contributed by atoms with Crippen LogP contribution < -0.4 is 5.32 Å². The smallest absolute Gasteiger partial charge is 0.254 e. The zero-order chi connectivity index (χ0) is 18.8. The molecule has 1 amide bonds. The summed E-state index contributed by atoms with van der Waals surface area (Å²) in [4.78, 5) is 19.4. The van der Waals surface area contributed by atoms with Crippen molar-refractivity contribution < 1.29 is 9.21 Å². The first-order valence-corrected chi connectivity index (χ1v) is 9.27. The van der Waals surface area contributed by atoms with Crippen LogP contribution in [0.2, 0.25) is 0 Å². The Morgan fingerprint density at radius 3 is 2.74 bits per heavy atom. The lowest BCUT2D eigenvalue weighted by atomic mass is 10.1. The number of aryl methyl sites for hydroxylation is 1. The van der Waals surface area contributed by atoms with E-state index in [-0.39, 0.29) is 5.91 Å². The van der Waals surface area contributed by atoms with Gasteiger partial charge in [-0.05, 0) is 26.0 Å². The summed E-state index contributed by atoms with van der Waals surface area (Å²) in [6.07, 6.45) is 1.72. The van der Waals surface area contributed by atoms with Crippen LogP contribution in [0.25, 0.3) is 22.8 Å². The van der Waals surface area contributed by atoms with Crippen LogP contribution in [0.4, 0.5) is 0 Å². The van der Waals surface area contributed by atoms with Gasteiger partial charge in [-0.1, -0.05) is 42.0 Å². The van der Waals surface area contributed by atoms with Crippen LogP contribution in [0.1, 0.15) is 22.8 Å². The Morgan fingerprint density at radius 2 is 1.96 bits per heavy atom. The second kappa shape index (κ2) is 7.37. The van der Waals surface area contributed by atoms with Gasteiger partial charge in [0, 0.05) is 36.8 Å². The highest BCUT2D eigenvalue weighted by Gasteiger charge is 2.25.